The van der Waals surface area contributed by atoms with Crippen LogP contribution in [0, 0.1) is 12.7 Å². The predicted molar refractivity (Wildman–Crippen MR) is 117 cm³/mol. The van der Waals surface area contributed by atoms with Crippen LogP contribution in [-0.4, -0.2) is 33.7 Å². The number of nitrogens with one attached hydrogen (secondary N) is 1. The lowest BCUT2D eigenvalue weighted by Crippen LogP contribution is -2.34. The monoisotopic (exact) mass is 437 g/mol. The fourth-order valence-corrected chi connectivity index (χ4v) is 3.50. The van der Waals surface area contributed by atoms with Crippen molar-refractivity contribution in [2.24, 2.45) is 0 Å². The van der Waals surface area contributed by atoms with E-state index in [2.05, 4.69) is 20.3 Å². The second kappa shape index (κ2) is 9.17. The highest BCUT2D eigenvalue weighted by molar-refractivity contribution is 5.88. The third kappa shape index (κ3) is 4.46. The number of aromatic nitrogens is 3. The molecule has 0 radical (unpaired) electrons. The van der Waals surface area contributed by atoms with E-state index in [0.717, 1.165) is 0 Å². The topological polar surface area (TPSA) is 89.5 Å². The summed E-state index contributed by atoms with van der Waals surface area (Å²) >= 11 is 0. The van der Waals surface area contributed by atoms with E-state index in [-0.39, 0.29) is 23.7 Å². The Morgan fingerprint density at radius 1 is 1.19 bits per heavy atom. The van der Waals surface area contributed by atoms with Crippen molar-refractivity contribution in [1.29, 1.82) is 0 Å². The minimum atomic E-state index is -0.481. The molecule has 2 aromatic carbocycles. The van der Waals surface area contributed by atoms with Crippen LogP contribution in [-0.2, 0) is 4.74 Å². The number of amides is 1. The third-order valence-corrected chi connectivity index (χ3v) is 5.16. The van der Waals surface area contributed by atoms with Gasteiger partial charge in [-0.1, -0.05) is 37.3 Å². The van der Waals surface area contributed by atoms with E-state index in [1.807, 2.05) is 32.0 Å². The summed E-state index contributed by atoms with van der Waals surface area (Å²) < 4.78 is 25.6. The van der Waals surface area contributed by atoms with Crippen LogP contribution in [0.3, 0.4) is 0 Å². The Morgan fingerprint density at radius 2 is 1.97 bits per heavy atom. The maximum atomic E-state index is 14.6. The quantitative estimate of drug-likeness (QED) is 0.555. The van der Waals surface area contributed by atoms with E-state index in [9.17, 15) is 9.18 Å². The van der Waals surface area contributed by atoms with Crippen molar-refractivity contribution in [2.45, 2.75) is 39.3 Å². The van der Waals surface area contributed by atoms with Crippen LogP contribution >= 0.6 is 0 Å². The molecule has 9 heteroatoms. The van der Waals surface area contributed by atoms with Crippen molar-refractivity contribution < 1.29 is 18.7 Å². The summed E-state index contributed by atoms with van der Waals surface area (Å²) in [7, 11) is 0. The van der Waals surface area contributed by atoms with Crippen molar-refractivity contribution in [3.63, 3.8) is 0 Å². The first-order valence-corrected chi connectivity index (χ1v) is 10.4. The molecule has 1 fully saturated rings. The van der Waals surface area contributed by atoms with Gasteiger partial charge in [0.25, 0.3) is 0 Å². The third-order valence-electron chi connectivity index (χ3n) is 5.16. The fraction of sp³-hybridized carbons (Fsp3) is 0.304. The van der Waals surface area contributed by atoms with E-state index in [1.54, 1.807) is 31.2 Å². The number of benzene rings is 2. The number of carbonyl (C=O) groups is 1. The molecule has 0 bridgehead atoms. The van der Waals surface area contributed by atoms with Gasteiger partial charge in [0.2, 0.25) is 11.9 Å². The molecule has 0 spiro atoms. The molecule has 2 heterocycles. The number of anilines is 2. The highest BCUT2D eigenvalue weighted by Crippen LogP contribution is 2.33. The fourth-order valence-electron chi connectivity index (χ4n) is 3.50. The van der Waals surface area contributed by atoms with Crippen molar-refractivity contribution in [2.75, 3.05) is 16.8 Å². The number of para-hydroxylation sites is 2. The molecule has 1 N–H and O–H groups in total. The van der Waals surface area contributed by atoms with Gasteiger partial charge in [-0.25, -0.2) is 14.1 Å². The van der Waals surface area contributed by atoms with Gasteiger partial charge in [0, 0.05) is 5.56 Å². The number of halogens is 1. The minimum Gasteiger partial charge on any atom is -0.454 e. The Hall–Kier alpha value is -3.75. The SMILES string of the molecule is CC[C@H]1COC(=O)N1c1nc(C)nc(N[C@@H](C)c2cccc(F)c2Oc2ccccc2)n1. The first kappa shape index (κ1) is 21.5. The van der Waals surface area contributed by atoms with Crippen LogP contribution in [0.25, 0.3) is 0 Å². The van der Waals surface area contributed by atoms with Crippen molar-refractivity contribution in [3.05, 3.63) is 65.7 Å². The Morgan fingerprint density at radius 3 is 2.72 bits per heavy atom. The molecule has 2 atom stereocenters. The summed E-state index contributed by atoms with van der Waals surface area (Å²) in [5, 5.41) is 3.18. The average Bonchev–Trinajstić information content (AvgIpc) is 3.16. The summed E-state index contributed by atoms with van der Waals surface area (Å²) in [4.78, 5) is 26.7. The Balaban J connectivity index is 1.61. The van der Waals surface area contributed by atoms with Gasteiger partial charge in [0.05, 0.1) is 12.1 Å². The van der Waals surface area contributed by atoms with Gasteiger partial charge in [-0.15, -0.1) is 0 Å². The van der Waals surface area contributed by atoms with Crippen LogP contribution < -0.4 is 15.0 Å². The second-order valence-electron chi connectivity index (χ2n) is 7.45. The molecular weight excluding hydrogens is 413 g/mol. The lowest BCUT2D eigenvalue weighted by Gasteiger charge is -2.21. The van der Waals surface area contributed by atoms with Crippen molar-refractivity contribution in [1.82, 2.24) is 15.0 Å². The number of carbonyl (C=O) groups excluding carboxylic acids is 1. The first-order chi connectivity index (χ1) is 15.5. The largest absolute Gasteiger partial charge is 0.454 e. The Labute approximate surface area is 185 Å². The molecule has 3 aromatic rings. The number of rotatable bonds is 7. The van der Waals surface area contributed by atoms with Gasteiger partial charge < -0.3 is 14.8 Å². The molecule has 8 nitrogen and oxygen atoms in total. The van der Waals surface area contributed by atoms with Gasteiger partial charge in [-0.2, -0.15) is 15.0 Å². The standard InChI is InChI=1S/C23H24FN5O3/c1-4-16-13-31-23(30)29(16)22-27-15(3)26-21(28-22)25-14(2)18-11-8-12-19(24)20(18)32-17-9-6-5-7-10-17/h5-12,14,16H,4,13H2,1-3H3,(H,25,26,27,28)/t14-,16-/m0/s1. The van der Waals surface area contributed by atoms with Crippen LogP contribution in [0.15, 0.2) is 48.5 Å². The van der Waals surface area contributed by atoms with E-state index in [0.29, 0.717) is 30.2 Å². The smallest absolute Gasteiger partial charge is 0.417 e. The van der Waals surface area contributed by atoms with Gasteiger partial charge in [0.15, 0.2) is 11.6 Å². The highest BCUT2D eigenvalue weighted by atomic mass is 19.1. The summed E-state index contributed by atoms with van der Waals surface area (Å²) in [5.74, 6) is 1.12. The number of cyclic esters (lactones) is 1. The molecule has 1 amide bonds. The van der Waals surface area contributed by atoms with Crippen molar-refractivity contribution >= 4 is 18.0 Å². The molecule has 166 valence electrons. The molecule has 4 rings (SSSR count). The van der Waals surface area contributed by atoms with Crippen LogP contribution in [0.2, 0.25) is 0 Å². The second-order valence-corrected chi connectivity index (χ2v) is 7.45. The summed E-state index contributed by atoms with van der Waals surface area (Å²) in [6, 6.07) is 13.2. The average molecular weight is 437 g/mol. The molecule has 1 aliphatic rings. The summed E-state index contributed by atoms with van der Waals surface area (Å²) in [6.45, 7) is 5.83. The normalized spacial score (nSPS) is 16.6. The highest BCUT2D eigenvalue weighted by Gasteiger charge is 2.35. The Kier molecular flexibility index (Phi) is 6.16. The van der Waals surface area contributed by atoms with E-state index in [1.165, 1.54) is 11.0 Å². The minimum absolute atomic E-state index is 0.124. The number of ether oxygens (including phenoxy) is 2. The maximum Gasteiger partial charge on any atom is 0.417 e. The summed E-state index contributed by atoms with van der Waals surface area (Å²) in [5.41, 5.74) is 0.598. The number of aryl methyl sites for hydroxylation is 1. The molecular formula is C23H24FN5O3. The predicted octanol–water partition coefficient (Wildman–Crippen LogP) is 5.02. The maximum absolute atomic E-state index is 14.6. The van der Waals surface area contributed by atoms with E-state index in [4.69, 9.17) is 9.47 Å². The molecule has 0 aliphatic carbocycles. The van der Waals surface area contributed by atoms with Gasteiger partial charge >= 0.3 is 6.09 Å². The first-order valence-electron chi connectivity index (χ1n) is 10.4. The molecule has 1 aromatic heterocycles. The number of hydrogen-bond acceptors (Lipinski definition) is 7. The summed E-state index contributed by atoms with van der Waals surface area (Å²) in [6.07, 6.45) is 0.226. The van der Waals surface area contributed by atoms with Gasteiger partial charge in [0.1, 0.15) is 18.2 Å². The molecule has 0 unspecified atom stereocenters. The molecule has 0 saturated carbocycles. The zero-order valence-corrected chi connectivity index (χ0v) is 18.1. The molecule has 32 heavy (non-hydrogen) atoms. The van der Waals surface area contributed by atoms with Gasteiger partial charge in [-0.3, -0.25) is 0 Å². The van der Waals surface area contributed by atoms with Crippen LogP contribution in [0.4, 0.5) is 21.1 Å². The number of nitrogens with zero attached hydrogens (tertiary/aromatic N) is 4. The van der Waals surface area contributed by atoms with E-state index < -0.39 is 18.0 Å². The molecule has 1 aliphatic heterocycles. The van der Waals surface area contributed by atoms with Crippen LogP contribution in [0.5, 0.6) is 11.5 Å². The van der Waals surface area contributed by atoms with E-state index >= 15 is 0 Å². The lowest BCUT2D eigenvalue weighted by molar-refractivity contribution is 0.178. The number of hydrogen-bond donors (Lipinski definition) is 1. The molecule has 1 saturated heterocycles. The Bertz CT molecular complexity index is 1110. The van der Waals surface area contributed by atoms with Crippen LogP contribution in [0.1, 0.15) is 37.7 Å². The lowest BCUT2D eigenvalue weighted by atomic mass is 10.1. The van der Waals surface area contributed by atoms with Gasteiger partial charge in [-0.05, 0) is 38.5 Å². The zero-order chi connectivity index (χ0) is 22.7. The zero-order valence-electron chi connectivity index (χ0n) is 18.1. The van der Waals surface area contributed by atoms with Crippen molar-refractivity contribution in [3.8, 4) is 11.5 Å².